The second kappa shape index (κ2) is 5.72. The predicted molar refractivity (Wildman–Crippen MR) is 77.9 cm³/mol. The van der Waals surface area contributed by atoms with Gasteiger partial charge >= 0.3 is 0 Å². The molecule has 1 aromatic carbocycles. The SMILES string of the molecule is CCCNC(c1ccc2c(c1)CCO2)c1nccs1. The lowest BCUT2D eigenvalue weighted by Crippen LogP contribution is -2.23. The standard InChI is InChI=1S/C15H18N2OS/c1-2-6-16-14(15-17-7-9-19-15)12-3-4-13-11(10-12)5-8-18-13/h3-4,7,9-10,14,16H,2,5-6,8H2,1H3. The molecule has 0 bridgehead atoms. The Labute approximate surface area is 117 Å². The molecule has 0 amide bonds. The van der Waals surface area contributed by atoms with Gasteiger partial charge in [0, 0.05) is 18.0 Å². The van der Waals surface area contributed by atoms with Crippen LogP contribution >= 0.6 is 11.3 Å². The lowest BCUT2D eigenvalue weighted by molar-refractivity contribution is 0.357. The number of ether oxygens (including phenoxy) is 1. The molecular formula is C15H18N2OS. The van der Waals surface area contributed by atoms with Crippen LogP contribution in [-0.2, 0) is 6.42 Å². The Hall–Kier alpha value is -1.39. The van der Waals surface area contributed by atoms with Crippen LogP contribution in [-0.4, -0.2) is 18.1 Å². The maximum atomic E-state index is 5.57. The Morgan fingerprint density at radius 3 is 3.21 bits per heavy atom. The highest BCUT2D eigenvalue weighted by Crippen LogP contribution is 2.31. The van der Waals surface area contributed by atoms with Crippen LogP contribution in [0.1, 0.15) is 35.5 Å². The van der Waals surface area contributed by atoms with Crippen molar-refractivity contribution < 1.29 is 4.74 Å². The number of aromatic nitrogens is 1. The first-order chi connectivity index (χ1) is 9.38. The molecule has 1 N–H and O–H groups in total. The summed E-state index contributed by atoms with van der Waals surface area (Å²) in [7, 11) is 0. The molecule has 0 aliphatic carbocycles. The van der Waals surface area contributed by atoms with Gasteiger partial charge in [0.05, 0.1) is 12.6 Å². The van der Waals surface area contributed by atoms with Gasteiger partial charge in [-0.2, -0.15) is 0 Å². The van der Waals surface area contributed by atoms with E-state index >= 15 is 0 Å². The molecule has 0 spiro atoms. The van der Waals surface area contributed by atoms with E-state index in [9.17, 15) is 0 Å². The minimum absolute atomic E-state index is 0.200. The van der Waals surface area contributed by atoms with Crippen LogP contribution in [0.4, 0.5) is 0 Å². The minimum atomic E-state index is 0.200. The van der Waals surface area contributed by atoms with Gasteiger partial charge < -0.3 is 10.1 Å². The average Bonchev–Trinajstić information content (AvgIpc) is 3.09. The molecule has 19 heavy (non-hydrogen) atoms. The van der Waals surface area contributed by atoms with Crippen molar-refractivity contribution in [1.82, 2.24) is 10.3 Å². The van der Waals surface area contributed by atoms with E-state index in [0.29, 0.717) is 0 Å². The lowest BCUT2D eigenvalue weighted by atomic mass is 10.0. The van der Waals surface area contributed by atoms with Crippen LogP contribution in [0.5, 0.6) is 5.75 Å². The van der Waals surface area contributed by atoms with Crippen LogP contribution in [0, 0.1) is 0 Å². The molecule has 1 aliphatic rings. The Bertz CT molecular complexity index is 539. The highest BCUT2D eigenvalue weighted by atomic mass is 32.1. The van der Waals surface area contributed by atoms with E-state index in [1.54, 1.807) is 11.3 Å². The third-order valence-corrected chi connectivity index (χ3v) is 4.18. The highest BCUT2D eigenvalue weighted by molar-refractivity contribution is 7.09. The third kappa shape index (κ3) is 2.65. The van der Waals surface area contributed by atoms with Crippen molar-refractivity contribution in [1.29, 1.82) is 0 Å². The van der Waals surface area contributed by atoms with E-state index in [4.69, 9.17) is 4.74 Å². The zero-order valence-corrected chi connectivity index (χ0v) is 11.9. The van der Waals surface area contributed by atoms with Gasteiger partial charge in [0.2, 0.25) is 0 Å². The second-order valence-electron chi connectivity index (χ2n) is 4.72. The third-order valence-electron chi connectivity index (χ3n) is 3.34. The number of nitrogens with one attached hydrogen (secondary N) is 1. The quantitative estimate of drug-likeness (QED) is 0.909. The monoisotopic (exact) mass is 274 g/mol. The van der Waals surface area contributed by atoms with Crippen molar-refractivity contribution >= 4 is 11.3 Å². The summed E-state index contributed by atoms with van der Waals surface area (Å²) in [6, 6.07) is 6.70. The predicted octanol–water partition coefficient (Wildman–Crippen LogP) is 3.17. The number of hydrogen-bond donors (Lipinski definition) is 1. The lowest BCUT2D eigenvalue weighted by Gasteiger charge is -2.17. The van der Waals surface area contributed by atoms with E-state index in [1.165, 1.54) is 11.1 Å². The Kier molecular flexibility index (Phi) is 3.80. The summed E-state index contributed by atoms with van der Waals surface area (Å²) in [6.45, 7) is 3.99. The largest absolute Gasteiger partial charge is 0.493 e. The van der Waals surface area contributed by atoms with Gasteiger partial charge in [-0.15, -0.1) is 11.3 Å². The van der Waals surface area contributed by atoms with Crippen LogP contribution in [0.15, 0.2) is 29.8 Å². The molecule has 3 nitrogen and oxygen atoms in total. The smallest absolute Gasteiger partial charge is 0.122 e. The maximum absolute atomic E-state index is 5.57. The topological polar surface area (TPSA) is 34.1 Å². The molecule has 100 valence electrons. The summed E-state index contributed by atoms with van der Waals surface area (Å²) in [5.41, 5.74) is 2.60. The fraction of sp³-hybridized carbons (Fsp3) is 0.400. The first-order valence-electron chi connectivity index (χ1n) is 6.77. The number of thiazole rings is 1. The molecule has 1 aliphatic heterocycles. The van der Waals surface area contributed by atoms with Crippen molar-refractivity contribution in [3.8, 4) is 5.75 Å². The maximum Gasteiger partial charge on any atom is 0.122 e. The summed E-state index contributed by atoms with van der Waals surface area (Å²) in [4.78, 5) is 4.46. The van der Waals surface area contributed by atoms with Crippen molar-refractivity contribution in [2.24, 2.45) is 0 Å². The fourth-order valence-corrected chi connectivity index (χ4v) is 3.14. The van der Waals surface area contributed by atoms with Gasteiger partial charge in [-0.3, -0.25) is 0 Å². The van der Waals surface area contributed by atoms with Crippen LogP contribution in [0.2, 0.25) is 0 Å². The van der Waals surface area contributed by atoms with E-state index in [0.717, 1.165) is 36.8 Å². The van der Waals surface area contributed by atoms with Crippen LogP contribution in [0.3, 0.4) is 0 Å². The van der Waals surface area contributed by atoms with Gasteiger partial charge in [0.25, 0.3) is 0 Å². The molecule has 1 aromatic heterocycles. The molecule has 1 unspecified atom stereocenters. The van der Waals surface area contributed by atoms with E-state index in [2.05, 4.69) is 35.4 Å². The Balaban J connectivity index is 1.90. The van der Waals surface area contributed by atoms with Crippen molar-refractivity contribution in [2.75, 3.05) is 13.2 Å². The molecule has 2 aromatic rings. The summed E-state index contributed by atoms with van der Waals surface area (Å²) >= 11 is 1.70. The molecular weight excluding hydrogens is 256 g/mol. The average molecular weight is 274 g/mol. The first-order valence-corrected chi connectivity index (χ1v) is 7.65. The van der Waals surface area contributed by atoms with Crippen molar-refractivity contribution in [3.63, 3.8) is 0 Å². The normalized spacial score (nSPS) is 15.0. The molecule has 0 saturated heterocycles. The number of rotatable bonds is 5. The first kappa shape index (κ1) is 12.6. The number of hydrogen-bond acceptors (Lipinski definition) is 4. The van der Waals surface area contributed by atoms with Crippen LogP contribution in [0.25, 0.3) is 0 Å². The summed E-state index contributed by atoms with van der Waals surface area (Å²) in [5.74, 6) is 1.04. The molecule has 3 rings (SSSR count). The van der Waals surface area contributed by atoms with E-state index in [-0.39, 0.29) is 6.04 Å². The Morgan fingerprint density at radius 1 is 1.47 bits per heavy atom. The molecule has 2 heterocycles. The van der Waals surface area contributed by atoms with Gasteiger partial charge in [-0.05, 0) is 36.2 Å². The number of nitrogens with zero attached hydrogens (tertiary/aromatic N) is 1. The summed E-state index contributed by atoms with van der Waals surface area (Å²) < 4.78 is 5.57. The van der Waals surface area contributed by atoms with Gasteiger partial charge in [-0.1, -0.05) is 13.0 Å². The fourth-order valence-electron chi connectivity index (χ4n) is 2.40. The van der Waals surface area contributed by atoms with Crippen molar-refractivity contribution in [3.05, 3.63) is 45.9 Å². The second-order valence-corrected chi connectivity index (χ2v) is 5.65. The number of fused-ring (bicyclic) bond motifs is 1. The zero-order chi connectivity index (χ0) is 13.1. The summed E-state index contributed by atoms with van der Waals surface area (Å²) in [5, 5.41) is 6.75. The molecule has 1 atom stereocenters. The summed E-state index contributed by atoms with van der Waals surface area (Å²) in [6.07, 6.45) is 4.01. The van der Waals surface area contributed by atoms with Crippen LogP contribution < -0.4 is 10.1 Å². The van der Waals surface area contributed by atoms with Gasteiger partial charge in [-0.25, -0.2) is 4.98 Å². The van der Waals surface area contributed by atoms with Gasteiger partial charge in [0.15, 0.2) is 0 Å². The number of benzene rings is 1. The van der Waals surface area contributed by atoms with Crippen molar-refractivity contribution in [2.45, 2.75) is 25.8 Å². The molecule has 4 heteroatoms. The molecule has 0 radical (unpaired) electrons. The Morgan fingerprint density at radius 2 is 2.42 bits per heavy atom. The van der Waals surface area contributed by atoms with E-state index < -0.39 is 0 Å². The van der Waals surface area contributed by atoms with Gasteiger partial charge in [0.1, 0.15) is 10.8 Å². The minimum Gasteiger partial charge on any atom is -0.493 e. The van der Waals surface area contributed by atoms with E-state index in [1.807, 2.05) is 11.6 Å². The molecule has 0 saturated carbocycles. The highest BCUT2D eigenvalue weighted by Gasteiger charge is 2.19. The molecule has 0 fully saturated rings. The zero-order valence-electron chi connectivity index (χ0n) is 11.1.